The molecule has 0 spiro atoms. The summed E-state index contributed by atoms with van der Waals surface area (Å²) in [6.07, 6.45) is 0.288. The fraction of sp³-hybridized carbons (Fsp3) is 0.524. The van der Waals surface area contributed by atoms with E-state index in [9.17, 15) is 13.2 Å². The van der Waals surface area contributed by atoms with Gasteiger partial charge in [0.25, 0.3) is 0 Å². The Balaban J connectivity index is 1.66. The third-order valence-corrected chi connectivity index (χ3v) is 7.60. The van der Waals surface area contributed by atoms with Gasteiger partial charge in [-0.1, -0.05) is 12.1 Å². The van der Waals surface area contributed by atoms with Gasteiger partial charge in [0.05, 0.1) is 24.9 Å². The molecule has 1 aliphatic heterocycles. The number of sulfonamides is 1. The maximum absolute atomic E-state index is 13.3. The number of hydrogen-bond donors (Lipinski definition) is 0. The van der Waals surface area contributed by atoms with E-state index in [-0.39, 0.29) is 36.4 Å². The Bertz CT molecular complexity index is 1000. The highest BCUT2D eigenvalue weighted by Crippen LogP contribution is 2.26. The van der Waals surface area contributed by atoms with Gasteiger partial charge in [-0.3, -0.25) is 9.48 Å². The van der Waals surface area contributed by atoms with Crippen molar-refractivity contribution in [2.24, 2.45) is 0 Å². The summed E-state index contributed by atoms with van der Waals surface area (Å²) in [7, 11) is -2.05. The predicted molar refractivity (Wildman–Crippen MR) is 114 cm³/mol. The minimum Gasteiger partial charge on any atom is -0.497 e. The SMILES string of the molecule is COc1ccc(CC(=O)N2CCN(S(=O)(=O)c3c(C)nn(C(C)C)c3C)CC2)cc1. The van der Waals surface area contributed by atoms with Gasteiger partial charge in [0, 0.05) is 32.2 Å². The summed E-state index contributed by atoms with van der Waals surface area (Å²) in [4.78, 5) is 14.7. The van der Waals surface area contributed by atoms with Gasteiger partial charge in [-0.2, -0.15) is 9.40 Å². The Labute approximate surface area is 178 Å². The minimum absolute atomic E-state index is 0.00259. The molecule has 1 fully saturated rings. The molecule has 2 heterocycles. The molecule has 1 aliphatic rings. The third kappa shape index (κ3) is 4.37. The zero-order valence-electron chi connectivity index (χ0n) is 18.3. The van der Waals surface area contributed by atoms with Crippen molar-refractivity contribution >= 4 is 15.9 Å². The number of aromatic nitrogens is 2. The van der Waals surface area contributed by atoms with E-state index in [1.807, 2.05) is 38.1 Å². The van der Waals surface area contributed by atoms with Gasteiger partial charge in [0.15, 0.2) is 0 Å². The lowest BCUT2D eigenvalue weighted by molar-refractivity contribution is -0.131. The van der Waals surface area contributed by atoms with Crippen LogP contribution in [0.2, 0.25) is 0 Å². The molecule has 1 saturated heterocycles. The highest BCUT2D eigenvalue weighted by atomic mass is 32.2. The van der Waals surface area contributed by atoms with E-state index in [2.05, 4.69) is 5.10 Å². The second-order valence-corrected chi connectivity index (χ2v) is 9.72. The fourth-order valence-electron chi connectivity index (χ4n) is 3.86. The highest BCUT2D eigenvalue weighted by molar-refractivity contribution is 7.89. The number of carbonyl (C=O) groups is 1. The molecule has 1 aromatic carbocycles. The van der Waals surface area contributed by atoms with E-state index < -0.39 is 10.0 Å². The lowest BCUT2D eigenvalue weighted by atomic mass is 10.1. The maximum atomic E-state index is 13.3. The van der Waals surface area contributed by atoms with E-state index in [1.54, 1.807) is 30.5 Å². The zero-order valence-corrected chi connectivity index (χ0v) is 19.1. The standard InChI is InChI=1S/C21H30N4O4S/c1-15(2)25-17(4)21(16(3)22-25)30(27,28)24-12-10-23(11-13-24)20(26)14-18-6-8-19(29-5)9-7-18/h6-9,15H,10-14H2,1-5H3. The van der Waals surface area contributed by atoms with Crippen LogP contribution in [-0.4, -0.2) is 66.6 Å². The van der Waals surface area contributed by atoms with E-state index in [1.165, 1.54) is 4.31 Å². The molecule has 0 atom stereocenters. The number of piperazine rings is 1. The first-order valence-corrected chi connectivity index (χ1v) is 11.6. The Morgan fingerprint density at radius 2 is 1.70 bits per heavy atom. The molecule has 8 nitrogen and oxygen atoms in total. The molecule has 1 amide bonds. The first-order chi connectivity index (χ1) is 14.1. The Morgan fingerprint density at radius 1 is 1.10 bits per heavy atom. The van der Waals surface area contributed by atoms with Crippen molar-refractivity contribution in [3.05, 3.63) is 41.2 Å². The average Bonchev–Trinajstić information content (AvgIpc) is 3.03. The molecule has 9 heteroatoms. The average molecular weight is 435 g/mol. The number of benzene rings is 1. The molecular weight excluding hydrogens is 404 g/mol. The van der Waals surface area contributed by atoms with Crippen molar-refractivity contribution < 1.29 is 17.9 Å². The van der Waals surface area contributed by atoms with Crippen molar-refractivity contribution in [2.45, 2.75) is 45.1 Å². The van der Waals surface area contributed by atoms with Crippen LogP contribution in [0.3, 0.4) is 0 Å². The number of rotatable bonds is 6. The van der Waals surface area contributed by atoms with Gasteiger partial charge in [-0.25, -0.2) is 8.42 Å². The monoisotopic (exact) mass is 434 g/mol. The van der Waals surface area contributed by atoms with E-state index in [0.717, 1.165) is 11.3 Å². The summed E-state index contributed by atoms with van der Waals surface area (Å²) in [5, 5.41) is 4.41. The summed E-state index contributed by atoms with van der Waals surface area (Å²) in [6, 6.07) is 7.48. The van der Waals surface area contributed by atoms with Crippen molar-refractivity contribution in [2.75, 3.05) is 33.3 Å². The molecule has 0 unspecified atom stereocenters. The molecule has 1 aromatic heterocycles. The highest BCUT2D eigenvalue weighted by Gasteiger charge is 2.34. The zero-order chi connectivity index (χ0) is 22.1. The normalized spacial score (nSPS) is 15.6. The summed E-state index contributed by atoms with van der Waals surface area (Å²) in [5.41, 5.74) is 2.07. The molecule has 30 heavy (non-hydrogen) atoms. The quantitative estimate of drug-likeness (QED) is 0.696. The lowest BCUT2D eigenvalue weighted by Gasteiger charge is -2.34. The van der Waals surface area contributed by atoms with Gasteiger partial charge in [0.1, 0.15) is 10.6 Å². The van der Waals surface area contributed by atoms with Crippen molar-refractivity contribution in [3.8, 4) is 5.75 Å². The number of methoxy groups -OCH3 is 1. The molecule has 3 rings (SSSR count). The van der Waals surface area contributed by atoms with E-state index in [4.69, 9.17) is 4.74 Å². The molecular formula is C21H30N4O4S. The first-order valence-electron chi connectivity index (χ1n) is 10.1. The van der Waals surface area contributed by atoms with Gasteiger partial charge in [-0.05, 0) is 45.4 Å². The minimum atomic E-state index is -3.65. The van der Waals surface area contributed by atoms with Crippen molar-refractivity contribution in [3.63, 3.8) is 0 Å². The van der Waals surface area contributed by atoms with Crippen LogP contribution in [0.25, 0.3) is 0 Å². The lowest BCUT2D eigenvalue weighted by Crippen LogP contribution is -2.51. The number of nitrogens with zero attached hydrogens (tertiary/aromatic N) is 4. The molecule has 0 saturated carbocycles. The van der Waals surface area contributed by atoms with Gasteiger partial charge in [-0.15, -0.1) is 0 Å². The predicted octanol–water partition coefficient (Wildman–Crippen LogP) is 2.17. The molecule has 0 radical (unpaired) electrons. The van der Waals surface area contributed by atoms with Crippen LogP contribution >= 0.6 is 0 Å². The van der Waals surface area contributed by atoms with Crippen LogP contribution in [0.15, 0.2) is 29.2 Å². The summed E-state index contributed by atoms with van der Waals surface area (Å²) in [6.45, 7) is 8.79. The van der Waals surface area contributed by atoms with Crippen LogP contribution in [0.1, 0.15) is 36.8 Å². The maximum Gasteiger partial charge on any atom is 0.246 e. The first kappa shape index (κ1) is 22.3. The molecule has 164 valence electrons. The summed E-state index contributed by atoms with van der Waals surface area (Å²) in [5.74, 6) is 0.744. The van der Waals surface area contributed by atoms with Crippen LogP contribution < -0.4 is 4.74 Å². The van der Waals surface area contributed by atoms with Crippen molar-refractivity contribution in [1.82, 2.24) is 19.0 Å². The van der Waals surface area contributed by atoms with Gasteiger partial charge < -0.3 is 9.64 Å². The second-order valence-electron chi connectivity index (χ2n) is 7.85. The van der Waals surface area contributed by atoms with E-state index >= 15 is 0 Å². The Hall–Kier alpha value is -2.39. The smallest absolute Gasteiger partial charge is 0.246 e. The van der Waals surface area contributed by atoms with Crippen molar-refractivity contribution in [1.29, 1.82) is 0 Å². The third-order valence-electron chi connectivity index (χ3n) is 5.45. The van der Waals surface area contributed by atoms with Crippen LogP contribution in [0.5, 0.6) is 5.75 Å². The Morgan fingerprint density at radius 3 is 2.20 bits per heavy atom. The molecule has 0 aliphatic carbocycles. The topological polar surface area (TPSA) is 84.7 Å². The van der Waals surface area contributed by atoms with Crippen LogP contribution in [0.4, 0.5) is 0 Å². The van der Waals surface area contributed by atoms with E-state index in [0.29, 0.717) is 24.5 Å². The second kappa shape index (κ2) is 8.77. The van der Waals surface area contributed by atoms with Crippen LogP contribution in [-0.2, 0) is 21.2 Å². The number of carbonyl (C=O) groups excluding carboxylic acids is 1. The number of aryl methyl sites for hydroxylation is 1. The summed E-state index contributed by atoms with van der Waals surface area (Å²) < 4.78 is 34.8. The number of ether oxygens (including phenoxy) is 1. The van der Waals surface area contributed by atoms with Crippen LogP contribution in [0, 0.1) is 13.8 Å². The number of amides is 1. The van der Waals surface area contributed by atoms with Gasteiger partial charge >= 0.3 is 0 Å². The summed E-state index contributed by atoms with van der Waals surface area (Å²) >= 11 is 0. The molecule has 0 N–H and O–H groups in total. The molecule has 2 aromatic rings. The Kier molecular flexibility index (Phi) is 6.52. The number of hydrogen-bond acceptors (Lipinski definition) is 5. The molecule has 0 bridgehead atoms. The fourth-order valence-corrected chi connectivity index (χ4v) is 5.64. The van der Waals surface area contributed by atoms with Gasteiger partial charge in [0.2, 0.25) is 15.9 Å². The largest absolute Gasteiger partial charge is 0.497 e.